The lowest BCUT2D eigenvalue weighted by Crippen LogP contribution is -2.36. The minimum atomic E-state index is -1.07. The largest absolute Gasteiger partial charge is 0.337 e. The molecule has 0 aliphatic rings. The highest BCUT2D eigenvalue weighted by Gasteiger charge is 2.04. The van der Waals surface area contributed by atoms with Gasteiger partial charge in [-0.15, -0.1) is 11.3 Å². The van der Waals surface area contributed by atoms with Crippen LogP contribution in [-0.2, 0) is 17.3 Å². The summed E-state index contributed by atoms with van der Waals surface area (Å²) in [5.74, 6) is 0.413. The van der Waals surface area contributed by atoms with Crippen molar-refractivity contribution in [2.45, 2.75) is 11.4 Å². The molecule has 0 aliphatic carbocycles. The van der Waals surface area contributed by atoms with Gasteiger partial charge in [0.25, 0.3) is 0 Å². The zero-order valence-corrected chi connectivity index (χ0v) is 12.5. The van der Waals surface area contributed by atoms with Gasteiger partial charge in [0, 0.05) is 22.1 Å². The summed E-state index contributed by atoms with van der Waals surface area (Å²) in [4.78, 5) is 13.4. The predicted molar refractivity (Wildman–Crippen MR) is 82.3 cm³/mol. The van der Waals surface area contributed by atoms with Gasteiger partial charge in [-0.25, -0.2) is 4.79 Å². The van der Waals surface area contributed by atoms with Crippen molar-refractivity contribution in [3.05, 3.63) is 52.7 Å². The van der Waals surface area contributed by atoms with E-state index in [0.717, 1.165) is 9.77 Å². The molecule has 1 aromatic carbocycles. The van der Waals surface area contributed by atoms with Gasteiger partial charge in [-0.1, -0.05) is 24.3 Å². The molecular formula is C14H16N2O2S2. The summed E-state index contributed by atoms with van der Waals surface area (Å²) >= 11 is 1.60. The fraction of sp³-hybridized carbons (Fsp3) is 0.214. The number of carbonyl (C=O) groups excluding carboxylic acids is 1. The third-order valence-corrected chi connectivity index (χ3v) is 4.83. The number of rotatable bonds is 6. The quantitative estimate of drug-likeness (QED) is 0.860. The molecule has 0 bridgehead atoms. The Morgan fingerprint density at radius 1 is 1.10 bits per heavy atom. The first kappa shape index (κ1) is 14.7. The van der Waals surface area contributed by atoms with E-state index >= 15 is 0 Å². The van der Waals surface area contributed by atoms with Crippen molar-refractivity contribution in [2.24, 2.45) is 0 Å². The Kier molecular flexibility index (Phi) is 5.76. The molecule has 2 rings (SSSR count). The Balaban J connectivity index is 1.65. The molecule has 106 valence electrons. The summed E-state index contributed by atoms with van der Waals surface area (Å²) in [6, 6.07) is 12.9. The third kappa shape index (κ3) is 4.79. The van der Waals surface area contributed by atoms with E-state index in [4.69, 9.17) is 0 Å². The zero-order chi connectivity index (χ0) is 14.2. The van der Waals surface area contributed by atoms with E-state index in [9.17, 15) is 9.00 Å². The molecular weight excluding hydrogens is 292 g/mol. The van der Waals surface area contributed by atoms with Crippen molar-refractivity contribution in [3.8, 4) is 0 Å². The average Bonchev–Trinajstić information content (AvgIpc) is 2.99. The summed E-state index contributed by atoms with van der Waals surface area (Å²) in [6.07, 6.45) is 0. The predicted octanol–water partition coefficient (Wildman–Crippen LogP) is 2.36. The topological polar surface area (TPSA) is 58.2 Å². The van der Waals surface area contributed by atoms with Gasteiger partial charge in [0.2, 0.25) is 0 Å². The van der Waals surface area contributed by atoms with Crippen LogP contribution in [0, 0.1) is 0 Å². The minimum Gasteiger partial charge on any atom is -0.337 e. The lowest BCUT2D eigenvalue weighted by Gasteiger charge is -2.06. The van der Waals surface area contributed by atoms with Gasteiger partial charge in [0.05, 0.1) is 17.3 Å². The van der Waals surface area contributed by atoms with Crippen molar-refractivity contribution in [1.82, 2.24) is 10.6 Å². The summed E-state index contributed by atoms with van der Waals surface area (Å²) < 4.78 is 11.9. The fourth-order valence-corrected chi connectivity index (χ4v) is 3.22. The summed E-state index contributed by atoms with van der Waals surface area (Å²) in [7, 11) is -1.07. The summed E-state index contributed by atoms with van der Waals surface area (Å²) in [6.45, 7) is 0.906. The van der Waals surface area contributed by atoms with Gasteiger partial charge in [0.1, 0.15) is 0 Å². The lowest BCUT2D eigenvalue weighted by molar-refractivity contribution is 0.241. The molecule has 1 aromatic heterocycles. The van der Waals surface area contributed by atoms with Crippen LogP contribution in [0.15, 0.2) is 52.7 Å². The van der Waals surface area contributed by atoms with Gasteiger partial charge in [0.15, 0.2) is 0 Å². The van der Waals surface area contributed by atoms with E-state index in [1.54, 1.807) is 11.3 Å². The fourth-order valence-electron chi connectivity index (χ4n) is 1.59. The van der Waals surface area contributed by atoms with E-state index in [1.165, 1.54) is 0 Å². The Morgan fingerprint density at radius 2 is 1.90 bits per heavy atom. The molecule has 4 nitrogen and oxygen atoms in total. The molecule has 0 saturated heterocycles. The molecule has 0 fully saturated rings. The Bertz CT molecular complexity index is 556. The molecule has 1 unspecified atom stereocenters. The Labute approximate surface area is 124 Å². The molecule has 2 N–H and O–H groups in total. The van der Waals surface area contributed by atoms with Crippen molar-refractivity contribution < 1.29 is 9.00 Å². The van der Waals surface area contributed by atoms with Crippen LogP contribution in [0.2, 0.25) is 0 Å². The summed E-state index contributed by atoms with van der Waals surface area (Å²) in [5, 5.41) is 7.44. The Morgan fingerprint density at radius 3 is 2.60 bits per heavy atom. The maximum atomic E-state index is 11.9. The minimum absolute atomic E-state index is 0.233. The second-order valence-electron chi connectivity index (χ2n) is 4.05. The highest BCUT2D eigenvalue weighted by molar-refractivity contribution is 7.85. The average molecular weight is 308 g/mol. The van der Waals surface area contributed by atoms with Gasteiger partial charge in [-0.05, 0) is 23.6 Å². The lowest BCUT2D eigenvalue weighted by atomic mass is 10.4. The molecule has 1 heterocycles. The number of carbonyl (C=O) groups is 1. The van der Waals surface area contributed by atoms with Crippen LogP contribution in [0.25, 0.3) is 0 Å². The van der Waals surface area contributed by atoms with Gasteiger partial charge < -0.3 is 10.6 Å². The first-order valence-corrected chi connectivity index (χ1v) is 8.43. The molecule has 2 aromatic rings. The van der Waals surface area contributed by atoms with Crippen LogP contribution in [0.3, 0.4) is 0 Å². The van der Waals surface area contributed by atoms with Crippen LogP contribution in [0.5, 0.6) is 0 Å². The molecule has 1 atom stereocenters. The number of thiophene rings is 1. The summed E-state index contributed by atoms with van der Waals surface area (Å²) in [5.41, 5.74) is 0. The monoisotopic (exact) mass is 308 g/mol. The van der Waals surface area contributed by atoms with Crippen LogP contribution < -0.4 is 10.6 Å². The van der Waals surface area contributed by atoms with E-state index in [-0.39, 0.29) is 6.03 Å². The number of nitrogens with one attached hydrogen (secondary N) is 2. The van der Waals surface area contributed by atoms with Crippen molar-refractivity contribution in [3.63, 3.8) is 0 Å². The van der Waals surface area contributed by atoms with Gasteiger partial charge >= 0.3 is 6.03 Å². The van der Waals surface area contributed by atoms with Gasteiger partial charge in [-0.3, -0.25) is 4.21 Å². The zero-order valence-electron chi connectivity index (χ0n) is 10.9. The van der Waals surface area contributed by atoms with Crippen LogP contribution in [0.4, 0.5) is 4.79 Å². The van der Waals surface area contributed by atoms with Crippen molar-refractivity contribution in [2.75, 3.05) is 12.3 Å². The van der Waals surface area contributed by atoms with Gasteiger partial charge in [-0.2, -0.15) is 0 Å². The standard InChI is InChI=1S/C14H16N2O2S2/c17-14(16-11-12-5-4-9-19-12)15-8-10-20(18)13-6-2-1-3-7-13/h1-7,9H,8,10-11H2,(H2,15,16,17). The van der Waals surface area contributed by atoms with E-state index in [1.807, 2.05) is 47.8 Å². The Hall–Kier alpha value is -1.66. The highest BCUT2D eigenvalue weighted by Crippen LogP contribution is 2.07. The highest BCUT2D eigenvalue weighted by atomic mass is 32.2. The number of urea groups is 1. The van der Waals surface area contributed by atoms with Crippen LogP contribution >= 0.6 is 11.3 Å². The molecule has 6 heteroatoms. The number of hydrogen-bond acceptors (Lipinski definition) is 3. The SMILES string of the molecule is O=C(NCCS(=O)c1ccccc1)NCc1cccs1. The van der Waals surface area contributed by atoms with Crippen LogP contribution in [0.1, 0.15) is 4.88 Å². The molecule has 0 aliphatic heterocycles. The third-order valence-electron chi connectivity index (χ3n) is 2.58. The molecule has 20 heavy (non-hydrogen) atoms. The van der Waals surface area contributed by atoms with Crippen molar-refractivity contribution >= 4 is 28.2 Å². The van der Waals surface area contributed by atoms with Crippen molar-refractivity contribution in [1.29, 1.82) is 0 Å². The number of amides is 2. The number of benzene rings is 1. The smallest absolute Gasteiger partial charge is 0.315 e. The second-order valence-corrected chi connectivity index (χ2v) is 6.65. The molecule has 0 spiro atoms. The van der Waals surface area contributed by atoms with E-state index < -0.39 is 10.8 Å². The molecule has 0 saturated carbocycles. The maximum Gasteiger partial charge on any atom is 0.315 e. The molecule has 2 amide bonds. The van der Waals surface area contributed by atoms with E-state index in [0.29, 0.717) is 18.8 Å². The van der Waals surface area contributed by atoms with Crippen LogP contribution in [-0.4, -0.2) is 22.5 Å². The number of hydrogen-bond donors (Lipinski definition) is 2. The first-order valence-electron chi connectivity index (χ1n) is 6.23. The molecule has 0 radical (unpaired) electrons. The van der Waals surface area contributed by atoms with E-state index in [2.05, 4.69) is 10.6 Å². The normalized spacial score (nSPS) is 11.8. The first-order chi connectivity index (χ1) is 9.75. The maximum absolute atomic E-state index is 11.9. The second kappa shape index (κ2) is 7.81.